The number of rotatable bonds is 7. The maximum absolute atomic E-state index is 6.33. The molecular formula is C18H21AsCl2N. The first-order valence-corrected chi connectivity index (χ1v) is 10.2. The molecule has 0 aromatic heterocycles. The molecule has 22 heavy (non-hydrogen) atoms. The summed E-state index contributed by atoms with van der Waals surface area (Å²) >= 11 is 12.5. The predicted molar refractivity (Wildman–Crippen MR) is 99.4 cm³/mol. The summed E-state index contributed by atoms with van der Waals surface area (Å²) in [4.78, 5) is 2.45. The first-order chi connectivity index (χ1) is 10.7. The molecule has 0 unspecified atom stereocenters. The zero-order valence-corrected chi connectivity index (χ0v) is 16.4. The third-order valence-electron chi connectivity index (χ3n) is 3.75. The maximum atomic E-state index is 6.33. The van der Waals surface area contributed by atoms with Gasteiger partial charge in [-0.3, -0.25) is 0 Å². The molecule has 0 bridgehead atoms. The van der Waals surface area contributed by atoms with Gasteiger partial charge in [0.1, 0.15) is 0 Å². The summed E-state index contributed by atoms with van der Waals surface area (Å²) in [6, 6.07) is 14.4. The molecule has 0 amide bonds. The fourth-order valence-corrected chi connectivity index (χ4v) is 5.50. The standard InChI is InChI=1S/C18H21AsCl2N/c1-3-22(4-2)13-12-14-8-5-6-9-15(14)19-18-16(20)10-7-11-17(18)21/h5-11H,3-4,12-13H2,1-2H3. The van der Waals surface area contributed by atoms with Gasteiger partial charge in [0.2, 0.25) is 0 Å². The van der Waals surface area contributed by atoms with Crippen LogP contribution < -0.4 is 8.70 Å². The van der Waals surface area contributed by atoms with E-state index in [-0.39, 0.29) is 15.8 Å². The molecule has 2 rings (SSSR count). The molecule has 0 atom stereocenters. The van der Waals surface area contributed by atoms with Crippen LogP contribution >= 0.6 is 23.2 Å². The Labute approximate surface area is 150 Å². The number of nitrogens with zero attached hydrogens (tertiary/aromatic N) is 1. The fraction of sp³-hybridized carbons (Fsp3) is 0.333. The summed E-state index contributed by atoms with van der Waals surface area (Å²) in [6.45, 7) is 7.72. The van der Waals surface area contributed by atoms with Crippen molar-refractivity contribution in [2.45, 2.75) is 20.3 Å². The summed E-state index contributed by atoms with van der Waals surface area (Å²) in [5.41, 5.74) is 1.42. The third kappa shape index (κ3) is 4.77. The quantitative estimate of drug-likeness (QED) is 0.647. The van der Waals surface area contributed by atoms with Crippen LogP contribution in [0.25, 0.3) is 0 Å². The van der Waals surface area contributed by atoms with E-state index in [1.54, 1.807) is 0 Å². The molecule has 0 saturated heterocycles. The summed E-state index contributed by atoms with van der Waals surface area (Å²) in [5.74, 6) is 0. The molecule has 2 aromatic rings. The first kappa shape index (κ1) is 17.9. The van der Waals surface area contributed by atoms with Gasteiger partial charge in [0.05, 0.1) is 0 Å². The monoisotopic (exact) mass is 396 g/mol. The van der Waals surface area contributed by atoms with E-state index in [1.165, 1.54) is 9.91 Å². The van der Waals surface area contributed by atoms with Gasteiger partial charge in [-0.05, 0) is 0 Å². The Morgan fingerprint density at radius 3 is 2.18 bits per heavy atom. The van der Waals surface area contributed by atoms with E-state index in [0.717, 1.165) is 40.5 Å². The fourth-order valence-electron chi connectivity index (χ4n) is 2.37. The number of hydrogen-bond acceptors (Lipinski definition) is 1. The van der Waals surface area contributed by atoms with Crippen LogP contribution in [0.3, 0.4) is 0 Å². The minimum atomic E-state index is -0.191. The van der Waals surface area contributed by atoms with Gasteiger partial charge in [0.25, 0.3) is 0 Å². The first-order valence-electron chi connectivity index (χ1n) is 7.61. The van der Waals surface area contributed by atoms with Gasteiger partial charge in [-0.25, -0.2) is 0 Å². The Kier molecular flexibility index (Phi) is 7.31. The molecule has 2 aromatic carbocycles. The normalized spacial score (nSPS) is 11.7. The van der Waals surface area contributed by atoms with Gasteiger partial charge >= 0.3 is 151 Å². The van der Waals surface area contributed by atoms with Crippen molar-refractivity contribution in [3.05, 3.63) is 58.1 Å². The Morgan fingerprint density at radius 1 is 0.909 bits per heavy atom. The summed E-state index contributed by atoms with van der Waals surface area (Å²) < 4.78 is 2.51. The van der Waals surface area contributed by atoms with Gasteiger partial charge in [0.15, 0.2) is 0 Å². The summed E-state index contributed by atoms with van der Waals surface area (Å²) in [5, 5.41) is 1.57. The molecule has 1 nitrogen and oxygen atoms in total. The van der Waals surface area contributed by atoms with Crippen molar-refractivity contribution in [1.82, 2.24) is 4.90 Å². The van der Waals surface area contributed by atoms with Crippen LogP contribution in [0, 0.1) is 0 Å². The van der Waals surface area contributed by atoms with E-state index in [0.29, 0.717) is 0 Å². The van der Waals surface area contributed by atoms with Gasteiger partial charge in [-0.1, -0.05) is 0 Å². The molecule has 0 spiro atoms. The molecule has 0 heterocycles. The molecule has 4 heteroatoms. The molecule has 0 aliphatic rings. The van der Waals surface area contributed by atoms with Crippen LogP contribution in [0.2, 0.25) is 10.0 Å². The molecule has 0 aliphatic heterocycles. The minimum absolute atomic E-state index is 0.191. The summed E-state index contributed by atoms with van der Waals surface area (Å²) in [6.07, 6.45) is 1.08. The van der Waals surface area contributed by atoms with Gasteiger partial charge in [-0.15, -0.1) is 0 Å². The second-order valence-corrected chi connectivity index (χ2v) is 8.32. The van der Waals surface area contributed by atoms with Gasteiger partial charge < -0.3 is 0 Å². The molecule has 117 valence electrons. The van der Waals surface area contributed by atoms with Gasteiger partial charge in [0, 0.05) is 0 Å². The second-order valence-electron chi connectivity index (χ2n) is 5.09. The van der Waals surface area contributed by atoms with Crippen molar-refractivity contribution < 1.29 is 0 Å². The van der Waals surface area contributed by atoms with Crippen LogP contribution in [0.5, 0.6) is 0 Å². The average molecular weight is 397 g/mol. The molecule has 0 N–H and O–H groups in total. The summed E-state index contributed by atoms with van der Waals surface area (Å²) in [7, 11) is 0. The molecule has 0 fully saturated rings. The molecule has 0 aliphatic carbocycles. The third-order valence-corrected chi connectivity index (χ3v) is 7.86. The van der Waals surface area contributed by atoms with E-state index in [9.17, 15) is 0 Å². The molecule has 1 radical (unpaired) electrons. The molecule has 0 saturated carbocycles. The van der Waals surface area contributed by atoms with Crippen LogP contribution in [-0.2, 0) is 6.42 Å². The van der Waals surface area contributed by atoms with E-state index < -0.39 is 0 Å². The molecular weight excluding hydrogens is 376 g/mol. The van der Waals surface area contributed by atoms with E-state index in [4.69, 9.17) is 23.2 Å². The van der Waals surface area contributed by atoms with E-state index in [2.05, 4.69) is 43.0 Å². The van der Waals surface area contributed by atoms with Crippen LogP contribution in [0.1, 0.15) is 19.4 Å². The van der Waals surface area contributed by atoms with Crippen molar-refractivity contribution in [3.63, 3.8) is 0 Å². The van der Waals surface area contributed by atoms with Crippen molar-refractivity contribution in [2.24, 2.45) is 0 Å². The van der Waals surface area contributed by atoms with Crippen LogP contribution in [0.15, 0.2) is 42.5 Å². The predicted octanol–water partition coefficient (Wildman–Crippen LogP) is 3.53. The average Bonchev–Trinajstić information content (AvgIpc) is 2.53. The van der Waals surface area contributed by atoms with Crippen LogP contribution in [0.4, 0.5) is 0 Å². The van der Waals surface area contributed by atoms with Crippen molar-refractivity contribution >= 4 is 47.7 Å². The number of likely N-dealkylation sites (N-methyl/N-ethyl adjacent to an activating group) is 1. The number of halogens is 2. The Hall–Kier alpha value is -0.462. The zero-order valence-electron chi connectivity index (χ0n) is 13.0. The second kappa shape index (κ2) is 8.99. The number of benzene rings is 2. The van der Waals surface area contributed by atoms with Crippen molar-refractivity contribution in [3.8, 4) is 0 Å². The van der Waals surface area contributed by atoms with E-state index in [1.807, 2.05) is 18.2 Å². The van der Waals surface area contributed by atoms with Gasteiger partial charge in [-0.2, -0.15) is 0 Å². The number of hydrogen-bond donors (Lipinski definition) is 0. The van der Waals surface area contributed by atoms with Crippen LogP contribution in [-0.4, -0.2) is 40.3 Å². The zero-order chi connectivity index (χ0) is 15.9. The topological polar surface area (TPSA) is 3.24 Å². The SMILES string of the molecule is CCN(CC)CCc1ccccc1[As]c1c(Cl)cccc1Cl. The van der Waals surface area contributed by atoms with Crippen molar-refractivity contribution in [2.75, 3.05) is 19.6 Å². The Balaban J connectivity index is 2.18. The van der Waals surface area contributed by atoms with Crippen molar-refractivity contribution in [1.29, 1.82) is 0 Å². The Bertz CT molecular complexity index is 592. The van der Waals surface area contributed by atoms with E-state index >= 15 is 0 Å². The Morgan fingerprint density at radius 2 is 1.55 bits per heavy atom.